The number of halogens is 1. The number of phenols is 1. The number of aromatic hydroxyl groups is 1. The molecule has 0 unspecified atom stereocenters. The summed E-state index contributed by atoms with van der Waals surface area (Å²) in [6, 6.07) is 1.62. The Labute approximate surface area is 107 Å². The van der Waals surface area contributed by atoms with Crippen molar-refractivity contribution in [1.29, 1.82) is 0 Å². The molecule has 1 saturated carbocycles. The van der Waals surface area contributed by atoms with Crippen LogP contribution in [0.15, 0.2) is 15.5 Å². The number of hydrogen-bond acceptors (Lipinski definition) is 4. The maximum Gasteiger partial charge on any atom is 0.235 e. The number of benzene rings is 1. The van der Waals surface area contributed by atoms with Gasteiger partial charge in [0.25, 0.3) is 0 Å². The van der Waals surface area contributed by atoms with Crippen LogP contribution in [-0.4, -0.2) is 18.3 Å². The lowest BCUT2D eigenvalue weighted by atomic mass is 9.99. The van der Waals surface area contributed by atoms with Crippen LogP contribution in [0.2, 0.25) is 0 Å². The van der Waals surface area contributed by atoms with Crippen LogP contribution in [0.4, 0.5) is 0 Å². The van der Waals surface area contributed by atoms with Crippen molar-refractivity contribution in [2.24, 2.45) is 4.99 Å². The van der Waals surface area contributed by atoms with E-state index >= 15 is 0 Å². The van der Waals surface area contributed by atoms with E-state index in [1.807, 2.05) is 6.92 Å². The molecule has 0 amide bonds. The van der Waals surface area contributed by atoms with Crippen LogP contribution in [-0.2, 0) is 10.3 Å². The summed E-state index contributed by atoms with van der Waals surface area (Å²) in [5.41, 5.74) is 1.30. The minimum Gasteiger partial charge on any atom is -0.504 e. The van der Waals surface area contributed by atoms with Crippen molar-refractivity contribution in [3.8, 4) is 11.5 Å². The summed E-state index contributed by atoms with van der Waals surface area (Å²) < 4.78 is 5.80. The van der Waals surface area contributed by atoms with Gasteiger partial charge in [-0.25, -0.2) is 4.79 Å². The second kappa shape index (κ2) is 4.17. The molecule has 1 aromatic carbocycles. The van der Waals surface area contributed by atoms with Gasteiger partial charge in [-0.3, -0.25) is 0 Å². The van der Waals surface area contributed by atoms with Crippen LogP contribution >= 0.6 is 15.9 Å². The highest BCUT2D eigenvalue weighted by atomic mass is 79.9. The van der Waals surface area contributed by atoms with Crippen LogP contribution in [0.25, 0.3) is 0 Å². The summed E-state index contributed by atoms with van der Waals surface area (Å²) >= 11 is 3.41. The molecule has 1 aliphatic rings. The highest BCUT2D eigenvalue weighted by molar-refractivity contribution is 9.10. The SMILES string of the molecule is COc1c(O)cc(C)c(C2(N=C=O)CC2)c1Br. The van der Waals surface area contributed by atoms with Crippen molar-refractivity contribution in [3.05, 3.63) is 21.7 Å². The number of phenolic OH excluding ortho intramolecular Hbond substituents is 1. The second-order valence-corrected chi connectivity index (χ2v) is 4.96. The number of aryl methyl sites for hydroxylation is 1. The molecule has 0 saturated heterocycles. The third-order valence-corrected chi connectivity index (χ3v) is 3.81. The summed E-state index contributed by atoms with van der Waals surface area (Å²) in [5.74, 6) is 0.449. The predicted octanol–water partition coefficient (Wildman–Crippen LogP) is 2.80. The van der Waals surface area contributed by atoms with Crippen molar-refractivity contribution in [1.82, 2.24) is 0 Å². The van der Waals surface area contributed by atoms with E-state index in [1.54, 1.807) is 12.1 Å². The molecule has 4 nitrogen and oxygen atoms in total. The molecule has 0 bridgehead atoms. The van der Waals surface area contributed by atoms with Gasteiger partial charge in [-0.15, -0.1) is 0 Å². The van der Waals surface area contributed by atoms with Crippen LogP contribution in [0, 0.1) is 6.92 Å². The number of rotatable bonds is 3. The van der Waals surface area contributed by atoms with Gasteiger partial charge in [0.2, 0.25) is 6.08 Å². The normalized spacial score (nSPS) is 16.2. The maximum atomic E-state index is 10.5. The van der Waals surface area contributed by atoms with E-state index < -0.39 is 5.54 Å². The van der Waals surface area contributed by atoms with Gasteiger partial charge in [0.15, 0.2) is 11.5 Å². The van der Waals surface area contributed by atoms with Gasteiger partial charge in [-0.2, -0.15) is 4.99 Å². The Morgan fingerprint density at radius 1 is 1.59 bits per heavy atom. The molecule has 0 aliphatic heterocycles. The van der Waals surface area contributed by atoms with Gasteiger partial charge in [-0.05, 0) is 47.3 Å². The average molecular weight is 298 g/mol. The molecule has 1 aromatic rings. The van der Waals surface area contributed by atoms with Gasteiger partial charge < -0.3 is 9.84 Å². The number of carbonyl (C=O) groups excluding carboxylic acids is 1. The van der Waals surface area contributed by atoms with Gasteiger partial charge in [-0.1, -0.05) is 0 Å². The van der Waals surface area contributed by atoms with E-state index in [0.29, 0.717) is 10.2 Å². The summed E-state index contributed by atoms with van der Waals surface area (Å²) in [5, 5.41) is 9.75. The number of methoxy groups -OCH3 is 1. The lowest BCUT2D eigenvalue weighted by molar-refractivity contribution is 0.369. The molecular formula is C12H12BrNO3. The van der Waals surface area contributed by atoms with E-state index in [9.17, 15) is 9.90 Å². The van der Waals surface area contributed by atoms with E-state index in [0.717, 1.165) is 24.0 Å². The fraction of sp³-hybridized carbons (Fsp3) is 0.417. The molecule has 0 atom stereocenters. The van der Waals surface area contributed by atoms with E-state index in [1.165, 1.54) is 7.11 Å². The van der Waals surface area contributed by atoms with Gasteiger partial charge in [0.1, 0.15) is 0 Å². The van der Waals surface area contributed by atoms with Crippen LogP contribution < -0.4 is 4.74 Å². The molecule has 0 aromatic heterocycles. The summed E-state index contributed by atoms with van der Waals surface area (Å²) in [6.07, 6.45) is 3.26. The molecule has 0 heterocycles. The molecule has 1 N–H and O–H groups in total. The highest BCUT2D eigenvalue weighted by Crippen LogP contribution is 2.55. The summed E-state index contributed by atoms with van der Waals surface area (Å²) in [7, 11) is 1.49. The van der Waals surface area contributed by atoms with Crippen LogP contribution in [0.1, 0.15) is 24.0 Å². The van der Waals surface area contributed by atoms with Crippen molar-refractivity contribution >= 4 is 22.0 Å². The Balaban J connectivity index is 2.66. The van der Waals surface area contributed by atoms with Crippen LogP contribution in [0.3, 0.4) is 0 Å². The number of hydrogen-bond donors (Lipinski definition) is 1. The maximum absolute atomic E-state index is 10.5. The highest BCUT2D eigenvalue weighted by Gasteiger charge is 2.47. The Morgan fingerprint density at radius 3 is 2.71 bits per heavy atom. The molecule has 2 rings (SSSR count). The molecule has 0 radical (unpaired) electrons. The smallest absolute Gasteiger partial charge is 0.235 e. The third-order valence-electron chi connectivity index (χ3n) is 3.05. The molecule has 5 heteroatoms. The zero-order valence-corrected chi connectivity index (χ0v) is 11.2. The largest absolute Gasteiger partial charge is 0.504 e. The van der Waals surface area contributed by atoms with Gasteiger partial charge in [0.05, 0.1) is 17.1 Å². The Hall–Kier alpha value is -1.32. The Morgan fingerprint density at radius 2 is 2.24 bits per heavy atom. The van der Waals surface area contributed by atoms with Crippen molar-refractivity contribution in [2.75, 3.05) is 7.11 Å². The first kappa shape index (κ1) is 12.1. The fourth-order valence-electron chi connectivity index (χ4n) is 2.13. The number of aliphatic imine (C=N–C) groups is 1. The third kappa shape index (κ3) is 1.85. The molecule has 0 spiro atoms. The minimum absolute atomic E-state index is 0.0755. The van der Waals surface area contributed by atoms with Crippen LogP contribution in [0.5, 0.6) is 11.5 Å². The van der Waals surface area contributed by atoms with Gasteiger partial charge >= 0.3 is 0 Å². The average Bonchev–Trinajstić information content (AvgIpc) is 2.98. The number of ether oxygens (including phenoxy) is 1. The lowest BCUT2D eigenvalue weighted by Gasteiger charge is -2.17. The molecule has 17 heavy (non-hydrogen) atoms. The standard InChI is InChI=1S/C12H12BrNO3/c1-7-5-8(16)11(17-2)10(13)9(7)12(3-4-12)14-6-15/h5,16H,3-4H2,1-2H3. The first-order chi connectivity index (χ1) is 8.05. The van der Waals surface area contributed by atoms with E-state index in [2.05, 4.69) is 20.9 Å². The zero-order chi connectivity index (χ0) is 12.6. The number of nitrogens with zero attached hydrogens (tertiary/aromatic N) is 1. The Kier molecular flexibility index (Phi) is 2.98. The first-order valence-corrected chi connectivity index (χ1v) is 6.00. The summed E-state index contributed by atoms with van der Waals surface area (Å²) in [6.45, 7) is 1.87. The quantitative estimate of drug-likeness (QED) is 0.689. The van der Waals surface area contributed by atoms with Crippen molar-refractivity contribution in [2.45, 2.75) is 25.3 Å². The fourth-order valence-corrected chi connectivity index (χ4v) is 3.18. The number of isocyanates is 1. The predicted molar refractivity (Wildman–Crippen MR) is 66.1 cm³/mol. The van der Waals surface area contributed by atoms with E-state index in [-0.39, 0.29) is 5.75 Å². The molecule has 1 aliphatic carbocycles. The van der Waals surface area contributed by atoms with E-state index in [4.69, 9.17) is 4.74 Å². The van der Waals surface area contributed by atoms with Gasteiger partial charge in [0, 0.05) is 5.56 Å². The first-order valence-electron chi connectivity index (χ1n) is 5.21. The van der Waals surface area contributed by atoms with Crippen molar-refractivity contribution < 1.29 is 14.6 Å². The minimum atomic E-state index is -0.481. The zero-order valence-electron chi connectivity index (χ0n) is 9.58. The molecular weight excluding hydrogens is 286 g/mol. The summed E-state index contributed by atoms with van der Waals surface area (Å²) in [4.78, 5) is 14.4. The molecule has 90 valence electrons. The topological polar surface area (TPSA) is 58.9 Å². The molecule has 1 fully saturated rings. The lowest BCUT2D eigenvalue weighted by Crippen LogP contribution is -2.07. The monoisotopic (exact) mass is 297 g/mol. The van der Waals surface area contributed by atoms with Crippen molar-refractivity contribution in [3.63, 3.8) is 0 Å². The second-order valence-electron chi connectivity index (χ2n) is 4.17. The Bertz CT molecular complexity index is 517.